The van der Waals surface area contributed by atoms with Gasteiger partial charge >= 0.3 is 0 Å². The van der Waals surface area contributed by atoms with Crippen molar-refractivity contribution in [1.82, 2.24) is 19.9 Å². The zero-order valence-electron chi connectivity index (χ0n) is 10.9. The summed E-state index contributed by atoms with van der Waals surface area (Å²) in [6.45, 7) is 7.18. The molecule has 2 rings (SSSR count). The van der Waals surface area contributed by atoms with Crippen molar-refractivity contribution in [3.63, 3.8) is 0 Å². The first kappa shape index (κ1) is 12.4. The van der Waals surface area contributed by atoms with Crippen molar-refractivity contribution in [2.45, 2.75) is 33.7 Å². The van der Waals surface area contributed by atoms with Crippen molar-refractivity contribution in [1.29, 1.82) is 0 Å². The van der Waals surface area contributed by atoms with E-state index in [1.807, 2.05) is 18.5 Å². The van der Waals surface area contributed by atoms with Crippen LogP contribution in [0.25, 0.3) is 0 Å². The fourth-order valence-corrected chi connectivity index (χ4v) is 1.74. The van der Waals surface area contributed by atoms with Gasteiger partial charge in [-0.3, -0.25) is 0 Å². The number of aromatic nitrogens is 4. The van der Waals surface area contributed by atoms with Crippen LogP contribution in [-0.4, -0.2) is 26.5 Å². The minimum absolute atomic E-state index is 0.623. The summed E-state index contributed by atoms with van der Waals surface area (Å²) in [5.41, 5.74) is 7.50. The zero-order chi connectivity index (χ0) is 13.1. The average molecular weight is 250 g/mol. The van der Waals surface area contributed by atoms with Crippen LogP contribution in [0.2, 0.25) is 0 Å². The Labute approximate surface area is 105 Å². The first-order valence-corrected chi connectivity index (χ1v) is 5.97. The highest BCUT2D eigenvalue weighted by molar-refractivity contribution is 5.64. The second kappa shape index (κ2) is 5.07. The molecule has 98 valence electrons. The van der Waals surface area contributed by atoms with Crippen LogP contribution in [0.1, 0.15) is 24.3 Å². The molecule has 0 saturated carbocycles. The van der Waals surface area contributed by atoms with E-state index in [2.05, 4.69) is 20.6 Å². The van der Waals surface area contributed by atoms with Gasteiger partial charge in [0.05, 0.1) is 11.4 Å². The Hall–Kier alpha value is -2.05. The Morgan fingerprint density at radius 2 is 2.17 bits per heavy atom. The molecule has 0 aliphatic rings. The molecule has 3 N–H and O–H groups in total. The molecule has 2 heterocycles. The van der Waals surface area contributed by atoms with Crippen LogP contribution in [0.4, 0.5) is 11.5 Å². The second-order valence-corrected chi connectivity index (χ2v) is 4.08. The van der Waals surface area contributed by atoms with Crippen molar-refractivity contribution in [2.24, 2.45) is 0 Å². The van der Waals surface area contributed by atoms with E-state index in [0.29, 0.717) is 30.4 Å². The Morgan fingerprint density at radius 3 is 2.78 bits per heavy atom. The first-order valence-electron chi connectivity index (χ1n) is 5.97. The molecular formula is C11H18N6O. The molecular weight excluding hydrogens is 232 g/mol. The molecule has 0 aliphatic heterocycles. The van der Waals surface area contributed by atoms with E-state index in [1.54, 1.807) is 6.92 Å². The topological polar surface area (TPSA) is 94.8 Å². The highest BCUT2D eigenvalue weighted by atomic mass is 16.5. The van der Waals surface area contributed by atoms with Crippen LogP contribution in [-0.2, 0) is 13.0 Å². The minimum Gasteiger partial charge on any atom is -0.394 e. The van der Waals surface area contributed by atoms with Gasteiger partial charge in [0.15, 0.2) is 5.82 Å². The predicted octanol–water partition coefficient (Wildman–Crippen LogP) is 1.14. The largest absolute Gasteiger partial charge is 0.394 e. The second-order valence-electron chi connectivity index (χ2n) is 4.08. The van der Waals surface area contributed by atoms with Gasteiger partial charge in [0.1, 0.15) is 5.82 Å². The van der Waals surface area contributed by atoms with Gasteiger partial charge in [-0.05, 0) is 20.8 Å². The fourth-order valence-electron chi connectivity index (χ4n) is 1.74. The van der Waals surface area contributed by atoms with Gasteiger partial charge in [0.2, 0.25) is 5.89 Å². The number of aryl methyl sites for hydroxylation is 3. The van der Waals surface area contributed by atoms with Crippen molar-refractivity contribution < 1.29 is 4.52 Å². The number of rotatable bonds is 5. The third kappa shape index (κ3) is 2.44. The lowest BCUT2D eigenvalue weighted by atomic mass is 10.3. The lowest BCUT2D eigenvalue weighted by Gasteiger charge is -2.07. The average Bonchev–Trinajstić information content (AvgIpc) is 2.87. The van der Waals surface area contributed by atoms with Gasteiger partial charge in [0, 0.05) is 19.5 Å². The van der Waals surface area contributed by atoms with E-state index in [0.717, 1.165) is 18.1 Å². The number of nitrogens with one attached hydrogen (secondary N) is 1. The molecule has 0 aromatic carbocycles. The number of hydrogen-bond acceptors (Lipinski definition) is 6. The van der Waals surface area contributed by atoms with Crippen molar-refractivity contribution >= 4 is 11.5 Å². The number of nitrogens with zero attached hydrogens (tertiary/aromatic N) is 4. The van der Waals surface area contributed by atoms with Crippen LogP contribution in [0.3, 0.4) is 0 Å². The van der Waals surface area contributed by atoms with E-state index in [-0.39, 0.29) is 0 Å². The summed E-state index contributed by atoms with van der Waals surface area (Å²) in [4.78, 5) is 4.14. The molecule has 2 aromatic rings. The number of nitrogen functional groups attached to an aromatic ring is 1. The van der Waals surface area contributed by atoms with Crippen molar-refractivity contribution in [3.8, 4) is 0 Å². The molecule has 0 amide bonds. The van der Waals surface area contributed by atoms with Crippen LogP contribution in [0.15, 0.2) is 4.52 Å². The van der Waals surface area contributed by atoms with Crippen molar-refractivity contribution in [2.75, 3.05) is 17.6 Å². The molecule has 0 saturated heterocycles. The molecule has 18 heavy (non-hydrogen) atoms. The summed E-state index contributed by atoms with van der Waals surface area (Å²) in [7, 11) is 0. The van der Waals surface area contributed by atoms with E-state index >= 15 is 0 Å². The molecule has 7 heteroatoms. The lowest BCUT2D eigenvalue weighted by Crippen LogP contribution is -2.11. The number of nitrogens with two attached hydrogens (primary N) is 1. The maximum atomic E-state index is 5.97. The standard InChI is InChI=1S/C11H18N6O/c1-4-17-11(10(12)7(2)15-17)13-6-5-9-14-8(3)16-18-9/h13H,4-6,12H2,1-3H3. The van der Waals surface area contributed by atoms with Gasteiger partial charge in [0.25, 0.3) is 0 Å². The summed E-state index contributed by atoms with van der Waals surface area (Å²) in [5, 5.41) is 11.3. The van der Waals surface area contributed by atoms with Crippen molar-refractivity contribution in [3.05, 3.63) is 17.4 Å². The smallest absolute Gasteiger partial charge is 0.228 e. The maximum Gasteiger partial charge on any atom is 0.228 e. The fraction of sp³-hybridized carbons (Fsp3) is 0.545. The molecule has 0 aliphatic carbocycles. The highest BCUT2D eigenvalue weighted by Gasteiger charge is 2.11. The van der Waals surface area contributed by atoms with Gasteiger partial charge in [-0.1, -0.05) is 5.16 Å². The lowest BCUT2D eigenvalue weighted by molar-refractivity contribution is 0.377. The quantitative estimate of drug-likeness (QED) is 0.826. The van der Waals surface area contributed by atoms with Gasteiger partial charge in [-0.15, -0.1) is 0 Å². The summed E-state index contributed by atoms with van der Waals surface area (Å²) in [6.07, 6.45) is 0.661. The Morgan fingerprint density at radius 1 is 1.39 bits per heavy atom. The van der Waals surface area contributed by atoms with Crippen LogP contribution >= 0.6 is 0 Å². The predicted molar refractivity (Wildman–Crippen MR) is 68.3 cm³/mol. The molecule has 0 radical (unpaired) electrons. The van der Waals surface area contributed by atoms with E-state index in [4.69, 9.17) is 10.3 Å². The molecule has 0 unspecified atom stereocenters. The summed E-state index contributed by atoms with van der Waals surface area (Å²) >= 11 is 0. The normalized spacial score (nSPS) is 10.8. The third-order valence-corrected chi connectivity index (χ3v) is 2.67. The first-order chi connectivity index (χ1) is 8.61. The third-order valence-electron chi connectivity index (χ3n) is 2.67. The van der Waals surface area contributed by atoms with Gasteiger partial charge in [-0.2, -0.15) is 10.1 Å². The molecule has 7 nitrogen and oxygen atoms in total. The van der Waals surface area contributed by atoms with E-state index < -0.39 is 0 Å². The maximum absolute atomic E-state index is 5.97. The van der Waals surface area contributed by atoms with E-state index in [9.17, 15) is 0 Å². The monoisotopic (exact) mass is 250 g/mol. The number of hydrogen-bond donors (Lipinski definition) is 2. The van der Waals surface area contributed by atoms with Crippen LogP contribution in [0.5, 0.6) is 0 Å². The number of anilines is 2. The molecule has 0 atom stereocenters. The molecule has 0 bridgehead atoms. The van der Waals surface area contributed by atoms with Crippen LogP contribution < -0.4 is 11.1 Å². The SMILES string of the molecule is CCn1nc(C)c(N)c1NCCc1nc(C)no1. The highest BCUT2D eigenvalue weighted by Crippen LogP contribution is 2.21. The Bertz CT molecular complexity index is 530. The Balaban J connectivity index is 1.98. The molecule has 0 fully saturated rings. The van der Waals surface area contributed by atoms with Gasteiger partial charge in [-0.25, -0.2) is 4.68 Å². The van der Waals surface area contributed by atoms with Crippen LogP contribution in [0, 0.1) is 13.8 Å². The molecule has 2 aromatic heterocycles. The van der Waals surface area contributed by atoms with E-state index in [1.165, 1.54) is 0 Å². The molecule has 0 spiro atoms. The zero-order valence-corrected chi connectivity index (χ0v) is 10.9. The summed E-state index contributed by atoms with van der Waals surface area (Å²) in [5.74, 6) is 2.13. The Kier molecular flexibility index (Phi) is 3.50. The van der Waals surface area contributed by atoms with Gasteiger partial charge < -0.3 is 15.6 Å². The summed E-state index contributed by atoms with van der Waals surface area (Å²) in [6, 6.07) is 0. The summed E-state index contributed by atoms with van der Waals surface area (Å²) < 4.78 is 6.89. The minimum atomic E-state index is 0.623.